The van der Waals surface area contributed by atoms with Crippen molar-refractivity contribution in [1.29, 1.82) is 0 Å². The van der Waals surface area contributed by atoms with Crippen molar-refractivity contribution < 1.29 is 22.7 Å². The molecule has 0 unspecified atom stereocenters. The number of ether oxygens (including phenoxy) is 1. The zero-order valence-corrected chi connectivity index (χ0v) is 18.5. The van der Waals surface area contributed by atoms with Crippen LogP contribution in [-0.4, -0.2) is 50.3 Å². The molecular formula is C21H32N2O5S. The van der Waals surface area contributed by atoms with Crippen molar-refractivity contribution in [3.05, 3.63) is 29.3 Å². The molecule has 8 heteroatoms. The molecule has 7 nitrogen and oxygen atoms in total. The lowest BCUT2D eigenvalue weighted by atomic mass is 9.86. The van der Waals surface area contributed by atoms with Crippen LogP contribution in [0, 0.1) is 12.8 Å². The Bertz CT molecular complexity index is 833. The van der Waals surface area contributed by atoms with Crippen LogP contribution in [0.25, 0.3) is 0 Å². The fraction of sp³-hybridized carbons (Fsp3) is 0.619. The van der Waals surface area contributed by atoms with E-state index in [-0.39, 0.29) is 29.0 Å². The van der Waals surface area contributed by atoms with Gasteiger partial charge in [-0.05, 0) is 43.4 Å². The van der Waals surface area contributed by atoms with E-state index in [1.807, 2.05) is 0 Å². The molecule has 0 radical (unpaired) electrons. The van der Waals surface area contributed by atoms with Gasteiger partial charge in [-0.25, -0.2) is 13.2 Å². The molecule has 1 aromatic rings. The Balaban J connectivity index is 2.05. The van der Waals surface area contributed by atoms with Gasteiger partial charge in [0.15, 0.2) is 6.61 Å². The molecule has 162 valence electrons. The van der Waals surface area contributed by atoms with Crippen LogP contribution in [-0.2, 0) is 19.6 Å². The maximum Gasteiger partial charge on any atom is 0.338 e. The first-order valence-corrected chi connectivity index (χ1v) is 11.7. The van der Waals surface area contributed by atoms with Gasteiger partial charge in [-0.1, -0.05) is 39.7 Å². The quantitative estimate of drug-likeness (QED) is 0.648. The minimum Gasteiger partial charge on any atom is -0.452 e. The minimum atomic E-state index is -3.70. The molecule has 0 bridgehead atoms. The zero-order chi connectivity index (χ0) is 21.6. The maximum atomic E-state index is 12.8. The molecule has 0 aliphatic heterocycles. The monoisotopic (exact) mass is 424 g/mol. The molecule has 1 amide bonds. The minimum absolute atomic E-state index is 0.0798. The number of aryl methyl sites for hydroxylation is 1. The number of hydrogen-bond donors (Lipinski definition) is 1. The second-order valence-electron chi connectivity index (χ2n) is 7.58. The number of hydrogen-bond acceptors (Lipinski definition) is 5. The molecule has 0 aromatic heterocycles. The smallest absolute Gasteiger partial charge is 0.338 e. The van der Waals surface area contributed by atoms with Crippen LogP contribution in [0.5, 0.6) is 0 Å². The highest BCUT2D eigenvalue weighted by Crippen LogP contribution is 2.24. The SMILES string of the molecule is CCN(CC)S(=O)(=O)c1cc(C(=O)OCC(=O)N[C@H]2CCCC[C@@H]2C)ccc1C. The fourth-order valence-electron chi connectivity index (χ4n) is 3.70. The summed E-state index contributed by atoms with van der Waals surface area (Å²) in [5, 5.41) is 2.93. The number of benzene rings is 1. The van der Waals surface area contributed by atoms with E-state index in [0.29, 0.717) is 24.6 Å². The van der Waals surface area contributed by atoms with Crippen molar-refractivity contribution in [3.63, 3.8) is 0 Å². The molecule has 29 heavy (non-hydrogen) atoms. The summed E-state index contributed by atoms with van der Waals surface area (Å²) in [7, 11) is -3.70. The van der Waals surface area contributed by atoms with Crippen molar-refractivity contribution in [2.24, 2.45) is 5.92 Å². The van der Waals surface area contributed by atoms with Crippen LogP contribution in [0.1, 0.15) is 62.4 Å². The summed E-state index contributed by atoms with van der Waals surface area (Å²) < 4.78 is 32.1. The van der Waals surface area contributed by atoms with Gasteiger partial charge >= 0.3 is 5.97 Å². The van der Waals surface area contributed by atoms with Gasteiger partial charge in [-0.3, -0.25) is 4.79 Å². The molecule has 1 aliphatic carbocycles. The normalized spacial score (nSPS) is 19.8. The number of sulfonamides is 1. The first kappa shape index (κ1) is 23.3. The van der Waals surface area contributed by atoms with Gasteiger partial charge in [0.2, 0.25) is 10.0 Å². The van der Waals surface area contributed by atoms with Crippen molar-refractivity contribution in [1.82, 2.24) is 9.62 Å². The standard InChI is InChI=1S/C21H32N2O5S/c1-5-23(6-2)29(26,27)19-13-17(12-11-16(19)4)21(25)28-14-20(24)22-18-10-8-7-9-15(18)3/h11-13,15,18H,5-10,14H2,1-4H3,(H,22,24)/t15-,18-/m0/s1. The number of carbonyl (C=O) groups excluding carboxylic acids is 2. The van der Waals surface area contributed by atoms with Gasteiger partial charge in [0.25, 0.3) is 5.91 Å². The molecule has 1 fully saturated rings. The van der Waals surface area contributed by atoms with Gasteiger partial charge in [0.1, 0.15) is 0 Å². The average molecular weight is 425 g/mol. The number of nitrogens with zero attached hydrogens (tertiary/aromatic N) is 1. The van der Waals surface area contributed by atoms with E-state index in [9.17, 15) is 18.0 Å². The van der Waals surface area contributed by atoms with E-state index in [1.165, 1.54) is 22.9 Å². The van der Waals surface area contributed by atoms with Gasteiger partial charge in [-0.15, -0.1) is 0 Å². The lowest BCUT2D eigenvalue weighted by Crippen LogP contribution is -2.42. The summed E-state index contributed by atoms with van der Waals surface area (Å²) in [6.07, 6.45) is 4.28. The Morgan fingerprint density at radius 1 is 1.17 bits per heavy atom. The predicted octanol–water partition coefficient (Wildman–Crippen LogP) is 2.88. The van der Waals surface area contributed by atoms with E-state index in [2.05, 4.69) is 12.2 Å². The average Bonchev–Trinajstić information content (AvgIpc) is 2.69. The van der Waals surface area contributed by atoms with Crippen LogP contribution in [0.4, 0.5) is 0 Å². The molecule has 0 saturated heterocycles. The van der Waals surface area contributed by atoms with Crippen LogP contribution in [0.15, 0.2) is 23.1 Å². The Kier molecular flexibility index (Phi) is 8.22. The summed E-state index contributed by atoms with van der Waals surface area (Å²) in [4.78, 5) is 24.6. The van der Waals surface area contributed by atoms with Crippen molar-refractivity contribution in [2.45, 2.75) is 64.3 Å². The Morgan fingerprint density at radius 3 is 2.45 bits per heavy atom. The Labute approximate surface area is 173 Å². The third-order valence-corrected chi connectivity index (χ3v) is 7.73. The maximum absolute atomic E-state index is 12.8. The topological polar surface area (TPSA) is 92.8 Å². The highest BCUT2D eigenvalue weighted by molar-refractivity contribution is 7.89. The first-order valence-electron chi connectivity index (χ1n) is 10.3. The molecular weight excluding hydrogens is 392 g/mol. The van der Waals surface area contributed by atoms with Gasteiger partial charge < -0.3 is 10.1 Å². The summed E-state index contributed by atoms with van der Waals surface area (Å²) in [6, 6.07) is 4.53. The second kappa shape index (κ2) is 10.2. The first-order chi connectivity index (χ1) is 13.7. The van der Waals surface area contributed by atoms with Crippen LogP contribution in [0.2, 0.25) is 0 Å². The van der Waals surface area contributed by atoms with E-state index < -0.39 is 16.0 Å². The molecule has 1 N–H and O–H groups in total. The van der Waals surface area contributed by atoms with Crippen molar-refractivity contribution >= 4 is 21.9 Å². The van der Waals surface area contributed by atoms with E-state index in [0.717, 1.165) is 19.3 Å². The summed E-state index contributed by atoms with van der Waals surface area (Å²) >= 11 is 0. The molecule has 0 heterocycles. The number of carbonyl (C=O) groups is 2. The van der Waals surface area contributed by atoms with Crippen molar-refractivity contribution in [3.8, 4) is 0 Å². The summed E-state index contributed by atoms with van der Waals surface area (Å²) in [5.41, 5.74) is 0.664. The van der Waals surface area contributed by atoms with E-state index >= 15 is 0 Å². The molecule has 2 atom stereocenters. The number of nitrogens with one attached hydrogen (secondary N) is 1. The van der Waals surface area contributed by atoms with E-state index in [4.69, 9.17) is 4.74 Å². The highest BCUT2D eigenvalue weighted by atomic mass is 32.2. The lowest BCUT2D eigenvalue weighted by Gasteiger charge is -2.29. The Morgan fingerprint density at radius 2 is 1.83 bits per heavy atom. The molecule has 1 aliphatic rings. The third-order valence-electron chi connectivity index (χ3n) is 5.54. The number of rotatable bonds is 8. The third kappa shape index (κ3) is 5.79. The van der Waals surface area contributed by atoms with Crippen molar-refractivity contribution in [2.75, 3.05) is 19.7 Å². The summed E-state index contributed by atoms with van der Waals surface area (Å²) in [5.74, 6) is -0.638. The van der Waals surface area contributed by atoms with Gasteiger partial charge in [-0.2, -0.15) is 4.31 Å². The molecule has 1 aromatic carbocycles. The van der Waals surface area contributed by atoms with E-state index in [1.54, 1.807) is 26.8 Å². The van der Waals surface area contributed by atoms with Crippen LogP contribution < -0.4 is 5.32 Å². The van der Waals surface area contributed by atoms with Gasteiger partial charge in [0.05, 0.1) is 10.5 Å². The summed E-state index contributed by atoms with van der Waals surface area (Å²) in [6.45, 7) is 7.62. The second-order valence-corrected chi connectivity index (χ2v) is 9.49. The molecule has 1 saturated carbocycles. The largest absolute Gasteiger partial charge is 0.452 e. The predicted molar refractivity (Wildman–Crippen MR) is 111 cm³/mol. The lowest BCUT2D eigenvalue weighted by molar-refractivity contribution is -0.125. The van der Waals surface area contributed by atoms with Crippen LogP contribution >= 0.6 is 0 Å². The highest BCUT2D eigenvalue weighted by Gasteiger charge is 2.26. The van der Waals surface area contributed by atoms with Crippen LogP contribution in [0.3, 0.4) is 0 Å². The molecule has 0 spiro atoms. The molecule has 2 rings (SSSR count). The zero-order valence-electron chi connectivity index (χ0n) is 17.7. The van der Waals surface area contributed by atoms with Gasteiger partial charge in [0, 0.05) is 19.1 Å². The Hall–Kier alpha value is -1.93. The number of esters is 1. The fourth-order valence-corrected chi connectivity index (χ4v) is 5.41. The number of amides is 1.